The lowest BCUT2D eigenvalue weighted by atomic mass is 10.2. The van der Waals surface area contributed by atoms with E-state index in [1.807, 2.05) is 0 Å². The number of nitrogens with two attached hydrogens (primary N) is 1. The molecule has 5 nitrogen and oxygen atoms in total. The van der Waals surface area contributed by atoms with E-state index in [1.54, 1.807) is 0 Å². The zero-order valence-electron chi connectivity index (χ0n) is 9.31. The quantitative estimate of drug-likeness (QED) is 0.806. The topological polar surface area (TPSA) is 72.6 Å². The maximum Gasteiger partial charge on any atom is 0.265 e. The Hall–Kier alpha value is -1.18. The minimum absolute atomic E-state index is 0.114. The van der Waals surface area contributed by atoms with Gasteiger partial charge in [-0.2, -0.15) is 0 Å². The third-order valence-corrected chi connectivity index (χ3v) is 4.30. The van der Waals surface area contributed by atoms with E-state index >= 15 is 0 Å². The van der Waals surface area contributed by atoms with Crippen LogP contribution in [0.4, 0.5) is 10.1 Å². The lowest BCUT2D eigenvalue weighted by molar-refractivity contribution is -0.0284. The van der Waals surface area contributed by atoms with Crippen molar-refractivity contribution in [3.63, 3.8) is 0 Å². The maximum atomic E-state index is 13.5. The van der Waals surface area contributed by atoms with E-state index in [4.69, 9.17) is 10.6 Å². The molecule has 0 aromatic heterocycles. The number of hydrogen-bond acceptors (Lipinski definition) is 4. The first-order chi connectivity index (χ1) is 7.93. The van der Waals surface area contributed by atoms with Crippen LogP contribution in [0.15, 0.2) is 17.0 Å². The Labute approximate surface area is 99.0 Å². The van der Waals surface area contributed by atoms with E-state index in [0.717, 1.165) is 10.5 Å². The minimum atomic E-state index is -3.81. The van der Waals surface area contributed by atoms with Crippen molar-refractivity contribution in [2.75, 3.05) is 18.9 Å². The molecule has 1 aliphatic heterocycles. The highest BCUT2D eigenvalue weighted by Gasteiger charge is 2.29. The normalized spacial score (nSPS) is 17.5. The van der Waals surface area contributed by atoms with Crippen LogP contribution in [0.3, 0.4) is 0 Å². The van der Waals surface area contributed by atoms with Gasteiger partial charge in [-0.1, -0.05) is 4.47 Å². The van der Waals surface area contributed by atoms with Gasteiger partial charge in [-0.05, 0) is 25.5 Å². The van der Waals surface area contributed by atoms with Crippen molar-refractivity contribution in [3.8, 4) is 0 Å². The van der Waals surface area contributed by atoms with Gasteiger partial charge < -0.3 is 5.73 Å². The second-order valence-electron chi connectivity index (χ2n) is 3.84. The number of nitrogen functional groups attached to an aromatic ring is 1. The smallest absolute Gasteiger partial charge is 0.265 e. The van der Waals surface area contributed by atoms with Gasteiger partial charge in [0, 0.05) is 17.8 Å². The summed E-state index contributed by atoms with van der Waals surface area (Å²) in [5, 5.41) is 0. The zero-order chi connectivity index (χ0) is 12.6. The number of benzene rings is 1. The predicted octanol–water partition coefficient (Wildman–Crippen LogP) is 1.04. The van der Waals surface area contributed by atoms with Crippen LogP contribution in [0.1, 0.15) is 12.0 Å². The summed E-state index contributed by atoms with van der Waals surface area (Å²) in [7, 11) is -3.81. The molecule has 17 heavy (non-hydrogen) atoms. The molecule has 0 amide bonds. The number of anilines is 1. The van der Waals surface area contributed by atoms with E-state index < -0.39 is 15.8 Å². The third kappa shape index (κ3) is 2.13. The molecule has 2 N–H and O–H groups in total. The van der Waals surface area contributed by atoms with Crippen molar-refractivity contribution in [3.05, 3.63) is 23.5 Å². The molecule has 7 heteroatoms. The first-order valence-corrected chi connectivity index (χ1v) is 6.58. The van der Waals surface area contributed by atoms with Crippen LogP contribution in [0, 0.1) is 12.7 Å². The molecule has 2 rings (SSSR count). The van der Waals surface area contributed by atoms with Gasteiger partial charge in [0.2, 0.25) is 0 Å². The van der Waals surface area contributed by atoms with Crippen LogP contribution < -0.4 is 5.73 Å². The van der Waals surface area contributed by atoms with E-state index in [2.05, 4.69) is 0 Å². The molecule has 94 valence electrons. The molecule has 1 aromatic rings. The summed E-state index contributed by atoms with van der Waals surface area (Å²) in [5.74, 6) is -0.636. The molecule has 1 heterocycles. The molecule has 0 unspecified atom stereocenters. The fraction of sp³-hybridized carbons (Fsp3) is 0.400. The lowest BCUT2D eigenvalue weighted by Gasteiger charge is -2.15. The zero-order valence-corrected chi connectivity index (χ0v) is 10.1. The Morgan fingerprint density at radius 1 is 1.47 bits per heavy atom. The van der Waals surface area contributed by atoms with Crippen molar-refractivity contribution in [1.29, 1.82) is 0 Å². The Kier molecular flexibility index (Phi) is 3.07. The molecule has 1 aliphatic rings. The van der Waals surface area contributed by atoms with Crippen molar-refractivity contribution in [2.24, 2.45) is 0 Å². The molecule has 0 atom stereocenters. The van der Waals surface area contributed by atoms with Crippen LogP contribution in [-0.2, 0) is 14.9 Å². The highest BCUT2D eigenvalue weighted by molar-refractivity contribution is 7.89. The van der Waals surface area contributed by atoms with Gasteiger partial charge >= 0.3 is 0 Å². The Balaban J connectivity index is 2.46. The number of rotatable bonds is 2. The van der Waals surface area contributed by atoms with Crippen LogP contribution in [0.25, 0.3) is 0 Å². The van der Waals surface area contributed by atoms with E-state index in [1.165, 1.54) is 13.0 Å². The average molecular weight is 260 g/mol. The maximum absolute atomic E-state index is 13.5. The average Bonchev–Trinajstić information content (AvgIpc) is 2.79. The highest BCUT2D eigenvalue weighted by atomic mass is 32.2. The van der Waals surface area contributed by atoms with Gasteiger partial charge in [-0.25, -0.2) is 12.8 Å². The molecule has 0 radical (unpaired) electrons. The summed E-state index contributed by atoms with van der Waals surface area (Å²) < 4.78 is 38.4. The predicted molar refractivity (Wildman–Crippen MR) is 60.0 cm³/mol. The molecule has 0 spiro atoms. The van der Waals surface area contributed by atoms with Crippen LogP contribution in [0.2, 0.25) is 0 Å². The first-order valence-electron chi connectivity index (χ1n) is 5.14. The second kappa shape index (κ2) is 4.25. The van der Waals surface area contributed by atoms with E-state index in [-0.39, 0.29) is 22.7 Å². The summed E-state index contributed by atoms with van der Waals surface area (Å²) in [6.45, 7) is 2.12. The van der Waals surface area contributed by atoms with Gasteiger partial charge in [0.1, 0.15) is 5.82 Å². The Morgan fingerprint density at radius 3 is 2.71 bits per heavy atom. The SMILES string of the molecule is Cc1c(N)cc(S(=O)(=O)N2CCCO2)cc1F. The molecular weight excluding hydrogens is 247 g/mol. The summed E-state index contributed by atoms with van der Waals surface area (Å²) >= 11 is 0. The summed E-state index contributed by atoms with van der Waals surface area (Å²) in [5.41, 5.74) is 5.91. The summed E-state index contributed by atoms with van der Waals surface area (Å²) in [4.78, 5) is 4.78. The lowest BCUT2D eigenvalue weighted by Crippen LogP contribution is -2.27. The monoisotopic (exact) mass is 260 g/mol. The van der Waals surface area contributed by atoms with Gasteiger partial charge in [0.15, 0.2) is 0 Å². The van der Waals surface area contributed by atoms with Gasteiger partial charge in [-0.3, -0.25) is 4.84 Å². The molecule has 0 saturated carbocycles. The van der Waals surface area contributed by atoms with Crippen molar-refractivity contribution in [2.45, 2.75) is 18.2 Å². The molecule has 1 fully saturated rings. The highest BCUT2D eigenvalue weighted by Crippen LogP contribution is 2.25. The van der Waals surface area contributed by atoms with Crippen molar-refractivity contribution in [1.82, 2.24) is 4.47 Å². The van der Waals surface area contributed by atoms with Crippen molar-refractivity contribution >= 4 is 15.7 Å². The van der Waals surface area contributed by atoms with E-state index in [9.17, 15) is 12.8 Å². The fourth-order valence-corrected chi connectivity index (χ4v) is 2.90. The Morgan fingerprint density at radius 2 is 2.18 bits per heavy atom. The van der Waals surface area contributed by atoms with Crippen molar-refractivity contribution < 1.29 is 17.6 Å². The standard InChI is InChI=1S/C10H13FN2O3S/c1-7-9(11)5-8(6-10(7)12)17(14,15)13-3-2-4-16-13/h5-6H,2-4,12H2,1H3. The minimum Gasteiger partial charge on any atom is -0.398 e. The molecule has 1 saturated heterocycles. The molecular formula is C10H13FN2O3S. The number of hydrogen-bond donors (Lipinski definition) is 1. The number of halogens is 1. The summed E-state index contributed by atoms with van der Waals surface area (Å²) in [6, 6.07) is 2.21. The number of nitrogens with zero attached hydrogens (tertiary/aromatic N) is 1. The fourth-order valence-electron chi connectivity index (χ4n) is 1.55. The van der Waals surface area contributed by atoms with Crippen LogP contribution in [0.5, 0.6) is 0 Å². The van der Waals surface area contributed by atoms with E-state index in [0.29, 0.717) is 13.0 Å². The molecule has 1 aromatic carbocycles. The molecule has 0 aliphatic carbocycles. The van der Waals surface area contributed by atoms with Crippen LogP contribution in [-0.4, -0.2) is 26.0 Å². The third-order valence-electron chi connectivity index (χ3n) is 2.64. The van der Waals surface area contributed by atoms with Crippen LogP contribution >= 0.6 is 0 Å². The first kappa shape index (κ1) is 12.3. The summed E-state index contributed by atoms with van der Waals surface area (Å²) in [6.07, 6.45) is 0.628. The number of hydroxylamine groups is 1. The Bertz CT molecular complexity index is 515. The number of sulfonamides is 1. The largest absolute Gasteiger partial charge is 0.398 e. The molecule has 0 bridgehead atoms. The van der Waals surface area contributed by atoms with Gasteiger partial charge in [0.25, 0.3) is 10.0 Å². The second-order valence-corrected chi connectivity index (χ2v) is 5.67. The van der Waals surface area contributed by atoms with Gasteiger partial charge in [0.05, 0.1) is 11.5 Å². The van der Waals surface area contributed by atoms with Gasteiger partial charge in [-0.15, -0.1) is 0 Å².